The first kappa shape index (κ1) is 22.6. The van der Waals surface area contributed by atoms with Gasteiger partial charge in [0.2, 0.25) is 0 Å². The number of guanidine groups is 1. The molecule has 1 atom stereocenters. The molecule has 1 aromatic carbocycles. The zero-order valence-corrected chi connectivity index (χ0v) is 18.4. The Labute approximate surface area is 170 Å². The number of nitrogens with zero attached hydrogens (tertiary/aromatic N) is 3. The maximum atomic E-state index is 13.9. The summed E-state index contributed by atoms with van der Waals surface area (Å²) in [7, 11) is 2.37. The van der Waals surface area contributed by atoms with Crippen molar-refractivity contribution in [2.45, 2.75) is 32.1 Å². The number of aliphatic imine (C=N–C) groups is 1. The first-order valence-corrected chi connectivity index (χ1v) is 11.0. The molecule has 2 rings (SSSR count). The van der Waals surface area contributed by atoms with Gasteiger partial charge in [-0.15, -0.1) is 0 Å². The van der Waals surface area contributed by atoms with E-state index in [0.717, 1.165) is 37.7 Å². The molecule has 1 aromatic rings. The minimum Gasteiger partial charge on any atom is -0.494 e. The predicted octanol–water partition coefficient (Wildman–Crippen LogP) is 2.07. The summed E-state index contributed by atoms with van der Waals surface area (Å²) in [5.41, 5.74) is 0.943. The van der Waals surface area contributed by atoms with Crippen molar-refractivity contribution in [3.63, 3.8) is 0 Å². The third-order valence-corrected chi connectivity index (χ3v) is 6.70. The van der Waals surface area contributed by atoms with Gasteiger partial charge in [-0.25, -0.2) is 4.39 Å². The van der Waals surface area contributed by atoms with E-state index in [1.54, 1.807) is 19.2 Å². The topological polar surface area (TPSA) is 57.2 Å². The Morgan fingerprint density at radius 2 is 1.96 bits per heavy atom. The van der Waals surface area contributed by atoms with E-state index in [1.807, 2.05) is 26.8 Å². The standard InChI is InChI=1S/C20H33FN4O2S/c1-20(2,3)28(26)13-8-23-19(22-4)25-11-9-24(10-12-25)15-16-6-7-18(27-5)17(21)14-16/h6-7,14H,8-13,15H2,1-5H3,(H,22,23). The van der Waals surface area contributed by atoms with Gasteiger partial charge in [-0.2, -0.15) is 0 Å². The van der Waals surface area contributed by atoms with Crippen molar-refractivity contribution in [1.29, 1.82) is 0 Å². The van der Waals surface area contributed by atoms with Gasteiger partial charge in [-0.1, -0.05) is 6.07 Å². The van der Waals surface area contributed by atoms with Crippen LogP contribution in [0.3, 0.4) is 0 Å². The van der Waals surface area contributed by atoms with Crippen molar-refractivity contribution in [3.8, 4) is 5.75 Å². The van der Waals surface area contributed by atoms with E-state index in [4.69, 9.17) is 4.74 Å². The van der Waals surface area contributed by atoms with Crippen LogP contribution in [0.5, 0.6) is 5.75 Å². The summed E-state index contributed by atoms with van der Waals surface area (Å²) < 4.78 is 30.8. The number of nitrogens with one attached hydrogen (secondary N) is 1. The number of ether oxygens (including phenoxy) is 1. The molecule has 6 nitrogen and oxygen atoms in total. The minimum absolute atomic E-state index is 0.197. The van der Waals surface area contributed by atoms with Crippen LogP contribution in [-0.2, 0) is 17.3 Å². The van der Waals surface area contributed by atoms with Crippen molar-refractivity contribution in [1.82, 2.24) is 15.1 Å². The Kier molecular flexibility index (Phi) is 8.24. The molecular formula is C20H33FN4O2S. The normalized spacial score (nSPS) is 17.5. The van der Waals surface area contributed by atoms with Crippen LogP contribution in [-0.4, -0.2) is 77.3 Å². The molecule has 1 aliphatic rings. The Morgan fingerprint density at radius 3 is 2.50 bits per heavy atom. The third-order valence-electron chi connectivity index (χ3n) is 4.76. The Hall–Kier alpha value is -1.67. The van der Waals surface area contributed by atoms with E-state index in [2.05, 4.69) is 20.1 Å². The maximum Gasteiger partial charge on any atom is 0.193 e. The van der Waals surface area contributed by atoms with Crippen LogP contribution in [0.2, 0.25) is 0 Å². The van der Waals surface area contributed by atoms with Crippen molar-refractivity contribution >= 4 is 16.8 Å². The predicted molar refractivity (Wildman–Crippen MR) is 114 cm³/mol. The summed E-state index contributed by atoms with van der Waals surface area (Å²) in [6, 6.07) is 5.12. The van der Waals surface area contributed by atoms with Gasteiger partial charge in [0.05, 0.1) is 7.11 Å². The summed E-state index contributed by atoms with van der Waals surface area (Å²) in [6.07, 6.45) is 0. The summed E-state index contributed by atoms with van der Waals surface area (Å²) in [5, 5.41) is 3.33. The lowest BCUT2D eigenvalue weighted by Gasteiger charge is -2.36. The van der Waals surface area contributed by atoms with Crippen molar-refractivity contribution in [3.05, 3.63) is 29.6 Å². The van der Waals surface area contributed by atoms with Crippen LogP contribution >= 0.6 is 0 Å². The van der Waals surface area contributed by atoms with Gasteiger partial charge in [0.15, 0.2) is 17.5 Å². The third kappa shape index (κ3) is 6.44. The molecule has 1 N–H and O–H groups in total. The zero-order chi connectivity index (χ0) is 20.7. The Balaban J connectivity index is 1.80. The molecular weight excluding hydrogens is 379 g/mol. The van der Waals surface area contributed by atoms with E-state index in [9.17, 15) is 8.60 Å². The van der Waals surface area contributed by atoms with Crippen LogP contribution in [0.4, 0.5) is 4.39 Å². The van der Waals surface area contributed by atoms with Gasteiger partial charge in [-0.3, -0.25) is 14.1 Å². The molecule has 1 heterocycles. The number of halogens is 1. The molecule has 0 bridgehead atoms. The largest absolute Gasteiger partial charge is 0.494 e. The van der Waals surface area contributed by atoms with Gasteiger partial charge < -0.3 is 15.0 Å². The van der Waals surface area contributed by atoms with Gasteiger partial charge in [0, 0.05) is 67.6 Å². The van der Waals surface area contributed by atoms with Gasteiger partial charge >= 0.3 is 0 Å². The SMILES string of the molecule is CN=C(NCCS(=O)C(C)(C)C)N1CCN(Cc2ccc(OC)c(F)c2)CC1. The van der Waals surface area contributed by atoms with Gasteiger partial charge in [-0.05, 0) is 38.5 Å². The quantitative estimate of drug-likeness (QED) is 0.573. The second-order valence-corrected chi connectivity index (χ2v) is 10.2. The highest BCUT2D eigenvalue weighted by molar-refractivity contribution is 7.86. The van der Waals surface area contributed by atoms with Gasteiger partial charge in [0.1, 0.15) is 0 Å². The molecule has 1 aliphatic heterocycles. The molecule has 0 saturated carbocycles. The number of benzene rings is 1. The number of piperazine rings is 1. The lowest BCUT2D eigenvalue weighted by atomic mass is 10.2. The molecule has 158 valence electrons. The highest BCUT2D eigenvalue weighted by Gasteiger charge is 2.22. The lowest BCUT2D eigenvalue weighted by molar-refractivity contribution is 0.172. The van der Waals surface area contributed by atoms with E-state index in [0.29, 0.717) is 18.8 Å². The number of methoxy groups -OCH3 is 1. The number of hydrogen-bond donors (Lipinski definition) is 1. The van der Waals surface area contributed by atoms with Crippen molar-refractivity contribution < 1.29 is 13.3 Å². The highest BCUT2D eigenvalue weighted by atomic mass is 32.2. The summed E-state index contributed by atoms with van der Waals surface area (Å²) >= 11 is 0. The lowest BCUT2D eigenvalue weighted by Crippen LogP contribution is -2.52. The van der Waals surface area contributed by atoms with E-state index in [1.165, 1.54) is 7.11 Å². The van der Waals surface area contributed by atoms with Gasteiger partial charge in [0.25, 0.3) is 0 Å². The average molecular weight is 413 g/mol. The molecule has 0 radical (unpaired) electrons. The molecule has 0 aliphatic carbocycles. The smallest absolute Gasteiger partial charge is 0.193 e. The fourth-order valence-corrected chi connectivity index (χ4v) is 3.98. The van der Waals surface area contributed by atoms with Crippen LogP contribution in [0.25, 0.3) is 0 Å². The van der Waals surface area contributed by atoms with Crippen LogP contribution in [0.15, 0.2) is 23.2 Å². The van der Waals surface area contributed by atoms with E-state index >= 15 is 0 Å². The van der Waals surface area contributed by atoms with Crippen molar-refractivity contribution in [2.24, 2.45) is 4.99 Å². The molecule has 8 heteroatoms. The van der Waals surface area contributed by atoms with Crippen LogP contribution in [0.1, 0.15) is 26.3 Å². The second-order valence-electron chi connectivity index (χ2n) is 7.87. The summed E-state index contributed by atoms with van der Waals surface area (Å²) in [6.45, 7) is 10.8. The van der Waals surface area contributed by atoms with E-state index in [-0.39, 0.29) is 16.3 Å². The Bertz CT molecular complexity index is 698. The molecule has 0 spiro atoms. The Morgan fingerprint density at radius 1 is 1.29 bits per heavy atom. The second kappa shape index (κ2) is 10.2. The molecule has 1 unspecified atom stereocenters. The molecule has 0 aromatic heterocycles. The highest BCUT2D eigenvalue weighted by Crippen LogP contribution is 2.19. The minimum atomic E-state index is -0.877. The van der Waals surface area contributed by atoms with Crippen molar-refractivity contribution in [2.75, 3.05) is 52.6 Å². The number of hydrogen-bond acceptors (Lipinski definition) is 4. The maximum absolute atomic E-state index is 13.9. The van der Waals surface area contributed by atoms with Crippen LogP contribution in [0, 0.1) is 5.82 Å². The first-order chi connectivity index (χ1) is 13.2. The zero-order valence-electron chi connectivity index (χ0n) is 17.6. The average Bonchev–Trinajstić information content (AvgIpc) is 2.65. The fourth-order valence-electron chi connectivity index (χ4n) is 3.08. The van der Waals surface area contributed by atoms with Crippen LogP contribution < -0.4 is 10.1 Å². The molecule has 1 saturated heterocycles. The first-order valence-electron chi connectivity index (χ1n) is 9.63. The monoisotopic (exact) mass is 412 g/mol. The molecule has 0 amide bonds. The fraction of sp³-hybridized carbons (Fsp3) is 0.650. The molecule has 1 fully saturated rings. The summed E-state index contributed by atoms with van der Waals surface area (Å²) in [4.78, 5) is 8.88. The molecule has 28 heavy (non-hydrogen) atoms. The van der Waals surface area contributed by atoms with E-state index < -0.39 is 10.8 Å². The summed E-state index contributed by atoms with van der Waals surface area (Å²) in [5.74, 6) is 1.40. The number of rotatable bonds is 6.